The first kappa shape index (κ1) is 19.2. The largest absolute Gasteiger partial charge is 0.380 e. The lowest BCUT2D eigenvalue weighted by molar-refractivity contribution is -0.121. The highest BCUT2D eigenvalue weighted by Gasteiger charge is 2.26. The van der Waals surface area contributed by atoms with Gasteiger partial charge in [-0.3, -0.25) is 19.0 Å². The van der Waals surface area contributed by atoms with Crippen molar-refractivity contribution in [2.45, 2.75) is 44.9 Å². The van der Waals surface area contributed by atoms with Gasteiger partial charge in [0, 0.05) is 26.5 Å². The summed E-state index contributed by atoms with van der Waals surface area (Å²) in [5, 5.41) is 6.26. The van der Waals surface area contributed by atoms with E-state index in [1.165, 1.54) is 17.8 Å². The summed E-state index contributed by atoms with van der Waals surface area (Å²) in [5.41, 5.74) is 0.522. The van der Waals surface area contributed by atoms with Crippen molar-refractivity contribution in [2.24, 2.45) is 0 Å². The van der Waals surface area contributed by atoms with Crippen LogP contribution in [0.3, 0.4) is 0 Å². The third-order valence-corrected chi connectivity index (χ3v) is 4.78. The lowest BCUT2D eigenvalue weighted by atomic mass is 9.96. The molecule has 1 amide bonds. The Morgan fingerprint density at radius 2 is 2.22 bits per heavy atom. The van der Waals surface area contributed by atoms with E-state index in [2.05, 4.69) is 15.6 Å². The molecule has 3 rings (SSSR count). The smallest absolute Gasteiger partial charge is 0.263 e. The number of amides is 1. The van der Waals surface area contributed by atoms with Gasteiger partial charge in [0.15, 0.2) is 5.78 Å². The molecule has 0 radical (unpaired) electrons. The number of methoxy groups -OCH3 is 1. The number of Topliss-reactive ketones (excluding diaryl/α,β-unsaturated/α-hetero) is 1. The maximum atomic E-state index is 12.9. The topological polar surface area (TPSA) is 102 Å². The number of piperidine rings is 1. The summed E-state index contributed by atoms with van der Waals surface area (Å²) in [6.07, 6.45) is 3.60. The van der Waals surface area contributed by atoms with Crippen LogP contribution in [0, 0.1) is 0 Å². The number of carbonyl (C=O) groups excluding carboxylic acids is 2. The summed E-state index contributed by atoms with van der Waals surface area (Å²) >= 11 is 0. The van der Waals surface area contributed by atoms with Crippen LogP contribution < -0.4 is 16.2 Å². The number of benzene rings is 1. The number of ether oxygens (including phenoxy) is 1. The van der Waals surface area contributed by atoms with Crippen molar-refractivity contribution in [2.75, 3.05) is 19.0 Å². The number of hydrogen-bond acceptors (Lipinski definition) is 6. The van der Waals surface area contributed by atoms with Crippen molar-refractivity contribution in [3.63, 3.8) is 0 Å². The van der Waals surface area contributed by atoms with Crippen molar-refractivity contribution in [1.82, 2.24) is 14.9 Å². The fourth-order valence-corrected chi connectivity index (χ4v) is 3.52. The van der Waals surface area contributed by atoms with Gasteiger partial charge >= 0.3 is 0 Å². The summed E-state index contributed by atoms with van der Waals surface area (Å²) in [5.74, 6) is -0.348. The summed E-state index contributed by atoms with van der Waals surface area (Å²) < 4.78 is 6.75. The highest BCUT2D eigenvalue weighted by molar-refractivity contribution is 5.99. The standard InChI is InChI=1S/C19H24N4O4/c1-12(24)22-15-6-3-5-14-18(15)19(26)23(11-21-14)10-13(25)9-16-17(27-2)7-4-8-20-16/h3,5-6,11,16-17,20H,4,7-10H2,1-2H3,(H,22,24). The van der Waals surface area contributed by atoms with Gasteiger partial charge in [-0.25, -0.2) is 4.98 Å². The monoisotopic (exact) mass is 372 g/mol. The van der Waals surface area contributed by atoms with Crippen LogP contribution >= 0.6 is 0 Å². The van der Waals surface area contributed by atoms with E-state index in [0.29, 0.717) is 16.6 Å². The highest BCUT2D eigenvalue weighted by Crippen LogP contribution is 2.18. The molecule has 1 aromatic heterocycles. The van der Waals surface area contributed by atoms with E-state index in [9.17, 15) is 14.4 Å². The first-order valence-electron chi connectivity index (χ1n) is 9.03. The maximum absolute atomic E-state index is 12.9. The number of carbonyl (C=O) groups is 2. The second kappa shape index (κ2) is 8.41. The first-order valence-corrected chi connectivity index (χ1v) is 9.03. The van der Waals surface area contributed by atoms with E-state index in [0.717, 1.165) is 19.4 Å². The molecule has 8 heteroatoms. The van der Waals surface area contributed by atoms with Crippen molar-refractivity contribution in [1.29, 1.82) is 0 Å². The minimum absolute atomic E-state index is 0.000481. The summed E-state index contributed by atoms with van der Waals surface area (Å²) in [4.78, 5) is 41.1. The van der Waals surface area contributed by atoms with Gasteiger partial charge in [0.1, 0.15) is 0 Å². The fourth-order valence-electron chi connectivity index (χ4n) is 3.52. The van der Waals surface area contributed by atoms with E-state index in [4.69, 9.17) is 4.74 Å². The normalized spacial score (nSPS) is 19.8. The molecule has 27 heavy (non-hydrogen) atoms. The third kappa shape index (κ3) is 4.40. The van der Waals surface area contributed by atoms with Crippen LogP contribution in [0.1, 0.15) is 26.2 Å². The van der Waals surface area contributed by atoms with Crippen LogP contribution in [0.25, 0.3) is 10.9 Å². The number of hydrogen-bond donors (Lipinski definition) is 2. The molecule has 2 heterocycles. The zero-order valence-corrected chi connectivity index (χ0v) is 15.5. The number of rotatable bonds is 6. The zero-order chi connectivity index (χ0) is 19.4. The van der Waals surface area contributed by atoms with Gasteiger partial charge in [-0.2, -0.15) is 0 Å². The van der Waals surface area contributed by atoms with Gasteiger partial charge in [-0.1, -0.05) is 6.07 Å². The molecule has 2 unspecified atom stereocenters. The minimum Gasteiger partial charge on any atom is -0.380 e. The van der Waals surface area contributed by atoms with Crippen LogP contribution in [0.5, 0.6) is 0 Å². The lowest BCUT2D eigenvalue weighted by Crippen LogP contribution is -2.47. The summed E-state index contributed by atoms with van der Waals surface area (Å²) in [7, 11) is 1.65. The van der Waals surface area contributed by atoms with Crippen molar-refractivity contribution in [3.8, 4) is 0 Å². The number of ketones is 1. The number of aromatic nitrogens is 2. The number of nitrogens with one attached hydrogen (secondary N) is 2. The Morgan fingerprint density at radius 1 is 1.41 bits per heavy atom. The molecular formula is C19H24N4O4. The average Bonchev–Trinajstić information content (AvgIpc) is 2.64. The van der Waals surface area contributed by atoms with Crippen LogP contribution in [-0.4, -0.2) is 47.0 Å². The van der Waals surface area contributed by atoms with Crippen molar-refractivity contribution in [3.05, 3.63) is 34.9 Å². The molecule has 0 aliphatic carbocycles. The molecule has 0 spiro atoms. The van der Waals surface area contributed by atoms with E-state index in [1.54, 1.807) is 25.3 Å². The summed E-state index contributed by atoms with van der Waals surface area (Å²) in [6.45, 7) is 2.17. The fraction of sp³-hybridized carbons (Fsp3) is 0.474. The van der Waals surface area contributed by atoms with Crippen LogP contribution in [0.2, 0.25) is 0 Å². The van der Waals surface area contributed by atoms with E-state index >= 15 is 0 Å². The Balaban J connectivity index is 1.82. The molecule has 144 valence electrons. The van der Waals surface area contributed by atoms with E-state index < -0.39 is 0 Å². The minimum atomic E-state index is -0.349. The Labute approximate surface area is 156 Å². The maximum Gasteiger partial charge on any atom is 0.263 e. The third-order valence-electron chi connectivity index (χ3n) is 4.78. The van der Waals surface area contributed by atoms with Gasteiger partial charge in [-0.05, 0) is 31.5 Å². The van der Waals surface area contributed by atoms with Crippen LogP contribution in [0.4, 0.5) is 5.69 Å². The van der Waals surface area contributed by atoms with Gasteiger partial charge < -0.3 is 15.4 Å². The summed E-state index contributed by atoms with van der Waals surface area (Å²) in [6, 6.07) is 5.02. The van der Waals surface area contributed by atoms with Crippen LogP contribution in [-0.2, 0) is 20.9 Å². The SMILES string of the molecule is COC1CCCNC1CC(=O)Cn1cnc2cccc(NC(C)=O)c2c1=O. The molecule has 2 aromatic rings. The molecule has 1 aliphatic rings. The van der Waals surface area contributed by atoms with Crippen molar-refractivity contribution < 1.29 is 14.3 Å². The molecule has 1 aromatic carbocycles. The molecular weight excluding hydrogens is 348 g/mol. The van der Waals surface area contributed by atoms with E-state index in [-0.39, 0.29) is 42.4 Å². The number of anilines is 1. The van der Waals surface area contributed by atoms with Gasteiger partial charge in [0.05, 0.1) is 35.6 Å². The van der Waals surface area contributed by atoms with Crippen molar-refractivity contribution >= 4 is 28.3 Å². The Bertz CT molecular complexity index is 908. The predicted octanol–water partition coefficient (Wildman–Crippen LogP) is 1.08. The Hall–Kier alpha value is -2.58. The molecule has 1 aliphatic heterocycles. The quantitative estimate of drug-likeness (QED) is 0.787. The van der Waals surface area contributed by atoms with E-state index in [1.807, 2.05) is 0 Å². The van der Waals surface area contributed by atoms with Gasteiger partial charge in [-0.15, -0.1) is 0 Å². The first-order chi connectivity index (χ1) is 13.0. The predicted molar refractivity (Wildman–Crippen MR) is 102 cm³/mol. The molecule has 1 saturated heterocycles. The second-order valence-electron chi connectivity index (χ2n) is 6.78. The van der Waals surface area contributed by atoms with Crippen LogP contribution in [0.15, 0.2) is 29.3 Å². The number of nitrogens with zero attached hydrogens (tertiary/aromatic N) is 2. The molecule has 0 bridgehead atoms. The molecule has 2 N–H and O–H groups in total. The van der Waals surface area contributed by atoms with Gasteiger partial charge in [0.2, 0.25) is 5.91 Å². The van der Waals surface area contributed by atoms with Gasteiger partial charge in [0.25, 0.3) is 5.56 Å². The molecule has 2 atom stereocenters. The average molecular weight is 372 g/mol. The second-order valence-corrected chi connectivity index (χ2v) is 6.78. The highest BCUT2D eigenvalue weighted by atomic mass is 16.5. The molecule has 1 fully saturated rings. The Morgan fingerprint density at radius 3 is 2.96 bits per heavy atom. The molecule has 8 nitrogen and oxygen atoms in total. The molecule has 0 saturated carbocycles. The zero-order valence-electron chi connectivity index (χ0n) is 15.5. The lowest BCUT2D eigenvalue weighted by Gasteiger charge is -2.31. The Kier molecular flexibility index (Phi) is 5.98. The number of fused-ring (bicyclic) bond motifs is 1.